The van der Waals surface area contributed by atoms with E-state index in [9.17, 15) is 14.4 Å². The fourth-order valence-corrected chi connectivity index (χ4v) is 4.79. The fraction of sp³-hybridized carbons (Fsp3) is 0.391. The number of hydrogen-bond donors (Lipinski definition) is 2. The quantitative estimate of drug-likeness (QED) is 0.472. The molecule has 0 aliphatic carbocycles. The minimum absolute atomic E-state index is 0.0127. The molecule has 1 saturated heterocycles. The summed E-state index contributed by atoms with van der Waals surface area (Å²) < 4.78 is 5.10. The number of carbonyl (C=O) groups excluding carboxylic acids is 3. The van der Waals surface area contributed by atoms with E-state index in [1.807, 2.05) is 4.90 Å². The average molecular weight is 483 g/mol. The van der Waals surface area contributed by atoms with Crippen LogP contribution in [0.15, 0.2) is 29.6 Å². The summed E-state index contributed by atoms with van der Waals surface area (Å²) in [5.74, 6) is 1.29. The number of amides is 2. The monoisotopic (exact) mass is 482 g/mol. The van der Waals surface area contributed by atoms with Gasteiger partial charge in [-0.15, -0.1) is 16.4 Å². The van der Waals surface area contributed by atoms with E-state index in [1.165, 1.54) is 11.3 Å². The molecule has 178 valence electrons. The van der Waals surface area contributed by atoms with E-state index < -0.39 is 0 Å². The van der Waals surface area contributed by atoms with E-state index in [4.69, 9.17) is 4.74 Å². The molecular weight excluding hydrogens is 456 g/mol. The second kappa shape index (κ2) is 10.6. The summed E-state index contributed by atoms with van der Waals surface area (Å²) in [6.07, 6.45) is 1.91. The van der Waals surface area contributed by atoms with Crippen LogP contribution in [0.2, 0.25) is 0 Å². The van der Waals surface area contributed by atoms with Crippen LogP contribution in [0.5, 0.6) is 5.75 Å². The van der Waals surface area contributed by atoms with Crippen molar-refractivity contribution < 1.29 is 19.1 Å². The van der Waals surface area contributed by atoms with Crippen LogP contribution < -0.4 is 10.1 Å². The number of benzene rings is 1. The number of aromatic amines is 1. The molecule has 1 fully saturated rings. The highest BCUT2D eigenvalue weighted by molar-refractivity contribution is 7.10. The predicted octanol–water partition coefficient (Wildman–Crippen LogP) is 3.20. The van der Waals surface area contributed by atoms with Gasteiger partial charge in [0, 0.05) is 42.8 Å². The Morgan fingerprint density at radius 2 is 1.88 bits per heavy atom. The van der Waals surface area contributed by atoms with Crippen LogP contribution in [0.4, 0.5) is 5.95 Å². The van der Waals surface area contributed by atoms with Crippen LogP contribution >= 0.6 is 11.3 Å². The van der Waals surface area contributed by atoms with Crippen molar-refractivity contribution >= 4 is 34.9 Å². The third-order valence-electron chi connectivity index (χ3n) is 5.75. The largest absolute Gasteiger partial charge is 0.497 e. The van der Waals surface area contributed by atoms with Gasteiger partial charge in [0.2, 0.25) is 11.9 Å². The molecule has 4 rings (SSSR count). The van der Waals surface area contributed by atoms with Crippen LogP contribution in [0, 0.1) is 6.92 Å². The lowest BCUT2D eigenvalue weighted by molar-refractivity contribution is -0.132. The number of methoxy groups -OCH3 is 1. The first-order valence-electron chi connectivity index (χ1n) is 11.0. The SMILES string of the molecule is COc1ccc(C(=O)CCC(=O)N2CCC(c3nc(C(=O)Nc4n[nH]c(C)n4)cs3)CC2)cc1. The van der Waals surface area contributed by atoms with E-state index in [1.54, 1.807) is 43.7 Å². The number of hydrogen-bond acceptors (Lipinski definition) is 8. The number of ketones is 1. The third-order valence-corrected chi connectivity index (χ3v) is 6.76. The van der Waals surface area contributed by atoms with Crippen LogP contribution in [0.1, 0.15) is 63.3 Å². The topological polar surface area (TPSA) is 130 Å². The van der Waals surface area contributed by atoms with Crippen LogP contribution in [-0.2, 0) is 4.79 Å². The summed E-state index contributed by atoms with van der Waals surface area (Å²) in [5, 5.41) is 11.8. The van der Waals surface area contributed by atoms with Gasteiger partial charge >= 0.3 is 0 Å². The zero-order chi connectivity index (χ0) is 24.1. The standard InChI is InChI=1S/C23H26N6O4S/c1-14-24-23(28-27-14)26-21(32)18-13-34-22(25-18)16-9-11-29(12-10-16)20(31)8-7-19(30)15-3-5-17(33-2)6-4-15/h3-6,13,16H,7-12H2,1-2H3,(H2,24,26,27,28,32). The molecule has 11 heteroatoms. The lowest BCUT2D eigenvalue weighted by Crippen LogP contribution is -2.38. The molecule has 34 heavy (non-hydrogen) atoms. The first kappa shape index (κ1) is 23.6. The number of aryl methyl sites for hydroxylation is 1. The van der Waals surface area contributed by atoms with Crippen molar-refractivity contribution in [3.05, 3.63) is 51.7 Å². The van der Waals surface area contributed by atoms with Crippen molar-refractivity contribution in [2.24, 2.45) is 0 Å². The fourth-order valence-electron chi connectivity index (χ4n) is 3.82. The zero-order valence-corrected chi connectivity index (χ0v) is 19.9. The Kier molecular flexibility index (Phi) is 7.31. The van der Waals surface area contributed by atoms with E-state index in [0.29, 0.717) is 35.9 Å². The minimum Gasteiger partial charge on any atom is -0.497 e. The normalized spacial score (nSPS) is 14.1. The number of H-pyrrole nitrogens is 1. The van der Waals surface area contributed by atoms with Gasteiger partial charge in [-0.3, -0.25) is 24.8 Å². The summed E-state index contributed by atoms with van der Waals surface area (Å²) in [7, 11) is 1.57. The number of carbonyl (C=O) groups is 3. The maximum Gasteiger partial charge on any atom is 0.277 e. The molecule has 0 bridgehead atoms. The maximum atomic E-state index is 12.6. The van der Waals surface area contributed by atoms with Gasteiger partial charge in [-0.1, -0.05) is 0 Å². The van der Waals surface area contributed by atoms with Crippen molar-refractivity contribution in [2.75, 3.05) is 25.5 Å². The Bertz CT molecular complexity index is 1160. The van der Waals surface area contributed by atoms with Gasteiger partial charge in [0.15, 0.2) is 5.78 Å². The average Bonchev–Trinajstić information content (AvgIpc) is 3.52. The Hall–Kier alpha value is -3.60. The van der Waals surface area contributed by atoms with Crippen LogP contribution in [0.25, 0.3) is 0 Å². The van der Waals surface area contributed by atoms with Gasteiger partial charge in [-0.2, -0.15) is 4.98 Å². The lowest BCUT2D eigenvalue weighted by Gasteiger charge is -2.31. The molecule has 0 spiro atoms. The van der Waals surface area contributed by atoms with Gasteiger partial charge in [0.1, 0.15) is 17.3 Å². The number of aromatic nitrogens is 4. The van der Waals surface area contributed by atoms with Crippen molar-refractivity contribution in [3.63, 3.8) is 0 Å². The van der Waals surface area contributed by atoms with Crippen molar-refractivity contribution in [2.45, 2.75) is 38.5 Å². The Balaban J connectivity index is 1.24. The molecule has 3 aromatic rings. The minimum atomic E-state index is -0.351. The third kappa shape index (κ3) is 5.66. The number of nitrogens with zero attached hydrogens (tertiary/aromatic N) is 4. The molecule has 1 aliphatic rings. The Morgan fingerprint density at radius 3 is 2.53 bits per heavy atom. The summed E-state index contributed by atoms with van der Waals surface area (Å²) in [6, 6.07) is 6.91. The molecule has 3 heterocycles. The number of Topliss-reactive ketones (excluding diaryl/α,β-unsaturated/α-hetero) is 1. The van der Waals surface area contributed by atoms with E-state index in [-0.39, 0.29) is 42.3 Å². The second-order valence-corrected chi connectivity index (χ2v) is 8.97. The van der Waals surface area contributed by atoms with Gasteiger partial charge in [-0.25, -0.2) is 4.98 Å². The molecule has 0 radical (unpaired) electrons. The van der Waals surface area contributed by atoms with Crippen molar-refractivity contribution in [1.29, 1.82) is 0 Å². The van der Waals surface area contributed by atoms with E-state index in [2.05, 4.69) is 25.5 Å². The van der Waals surface area contributed by atoms with E-state index in [0.717, 1.165) is 17.8 Å². The van der Waals surface area contributed by atoms with Crippen molar-refractivity contribution in [3.8, 4) is 5.75 Å². The van der Waals surface area contributed by atoms with E-state index >= 15 is 0 Å². The summed E-state index contributed by atoms with van der Waals surface area (Å²) >= 11 is 1.45. The lowest BCUT2D eigenvalue weighted by atomic mass is 9.97. The molecule has 2 N–H and O–H groups in total. The van der Waals surface area contributed by atoms with Gasteiger partial charge < -0.3 is 9.64 Å². The van der Waals surface area contributed by atoms with Gasteiger partial charge in [-0.05, 0) is 44.0 Å². The highest BCUT2D eigenvalue weighted by Crippen LogP contribution is 2.31. The maximum absolute atomic E-state index is 12.6. The van der Waals surface area contributed by atoms with Crippen molar-refractivity contribution in [1.82, 2.24) is 25.1 Å². The molecule has 2 aromatic heterocycles. The Morgan fingerprint density at radius 1 is 1.15 bits per heavy atom. The molecule has 2 amide bonds. The second-order valence-electron chi connectivity index (χ2n) is 8.08. The number of likely N-dealkylation sites (tertiary alicyclic amines) is 1. The molecule has 0 saturated carbocycles. The number of ether oxygens (including phenoxy) is 1. The molecule has 0 atom stereocenters. The molecule has 1 aromatic carbocycles. The predicted molar refractivity (Wildman–Crippen MR) is 126 cm³/mol. The van der Waals surface area contributed by atoms with Crippen LogP contribution in [0.3, 0.4) is 0 Å². The number of piperidine rings is 1. The number of thiazole rings is 1. The number of anilines is 1. The highest BCUT2D eigenvalue weighted by atomic mass is 32.1. The first-order chi connectivity index (χ1) is 16.4. The van der Waals surface area contributed by atoms with Gasteiger partial charge in [0.25, 0.3) is 5.91 Å². The summed E-state index contributed by atoms with van der Waals surface area (Å²) in [5.41, 5.74) is 0.909. The molecule has 0 unspecified atom stereocenters. The summed E-state index contributed by atoms with van der Waals surface area (Å²) in [6.45, 7) is 2.97. The summed E-state index contributed by atoms with van der Waals surface area (Å²) in [4.78, 5) is 47.7. The number of nitrogens with one attached hydrogen (secondary N) is 2. The number of rotatable bonds is 8. The molecule has 1 aliphatic heterocycles. The smallest absolute Gasteiger partial charge is 0.277 e. The Labute approximate surface area is 200 Å². The van der Waals surface area contributed by atoms with Crippen LogP contribution in [-0.4, -0.2) is 62.9 Å². The molecule has 10 nitrogen and oxygen atoms in total. The first-order valence-corrected chi connectivity index (χ1v) is 11.9. The van der Waals surface area contributed by atoms with Gasteiger partial charge in [0.05, 0.1) is 12.1 Å². The highest BCUT2D eigenvalue weighted by Gasteiger charge is 2.26. The zero-order valence-electron chi connectivity index (χ0n) is 19.0. The molecular formula is C23H26N6O4S.